The Morgan fingerprint density at radius 3 is 2.69 bits per heavy atom. The summed E-state index contributed by atoms with van der Waals surface area (Å²) >= 11 is 6.30. The van der Waals surface area contributed by atoms with E-state index in [0.29, 0.717) is 27.5 Å². The van der Waals surface area contributed by atoms with Gasteiger partial charge in [0.25, 0.3) is 5.91 Å². The molecule has 3 aromatic rings. The Morgan fingerprint density at radius 1 is 1.19 bits per heavy atom. The van der Waals surface area contributed by atoms with Crippen LogP contribution in [0.1, 0.15) is 15.9 Å². The number of rotatable bonds is 4. The number of hydrogen-bond donors (Lipinski definition) is 1. The Labute approximate surface area is 155 Å². The molecule has 1 aromatic heterocycles. The zero-order chi connectivity index (χ0) is 18.5. The molecule has 1 amide bonds. The maximum atomic E-state index is 12.4. The molecule has 0 saturated heterocycles. The van der Waals surface area contributed by atoms with Gasteiger partial charge >= 0.3 is 0 Å². The van der Waals surface area contributed by atoms with Crippen LogP contribution in [0, 0.1) is 11.3 Å². The second kappa shape index (κ2) is 7.64. The molecule has 0 atom stereocenters. The third kappa shape index (κ3) is 3.79. The summed E-state index contributed by atoms with van der Waals surface area (Å²) in [4.78, 5) is 22.3. The number of amides is 1. The minimum atomic E-state index is -0.305. The summed E-state index contributed by atoms with van der Waals surface area (Å²) in [5.41, 5.74) is 2.88. The van der Waals surface area contributed by atoms with Crippen LogP contribution in [-0.2, 0) is 0 Å². The van der Waals surface area contributed by atoms with Crippen LogP contribution in [0.15, 0.2) is 61.2 Å². The van der Waals surface area contributed by atoms with E-state index in [0.717, 1.165) is 5.69 Å². The minimum Gasteiger partial charge on any atom is -0.341 e. The van der Waals surface area contributed by atoms with Crippen molar-refractivity contribution >= 4 is 34.6 Å². The van der Waals surface area contributed by atoms with Crippen molar-refractivity contribution in [1.82, 2.24) is 9.97 Å². The fourth-order valence-electron chi connectivity index (χ4n) is 2.38. The van der Waals surface area contributed by atoms with Gasteiger partial charge in [-0.2, -0.15) is 5.26 Å². The molecule has 1 N–H and O–H groups in total. The van der Waals surface area contributed by atoms with Crippen molar-refractivity contribution in [3.05, 3.63) is 77.3 Å². The number of hydrogen-bond acceptors (Lipinski definition) is 5. The second-order valence-corrected chi connectivity index (χ2v) is 5.88. The largest absolute Gasteiger partial charge is 0.341 e. The fourth-order valence-corrected chi connectivity index (χ4v) is 2.63. The fraction of sp³-hybridized carbons (Fsp3) is 0.0526. The smallest absolute Gasteiger partial charge is 0.255 e. The van der Waals surface area contributed by atoms with Gasteiger partial charge in [0.15, 0.2) is 0 Å². The molecule has 7 heteroatoms. The van der Waals surface area contributed by atoms with E-state index < -0.39 is 0 Å². The Bertz CT molecular complexity index is 985. The van der Waals surface area contributed by atoms with Gasteiger partial charge in [0.1, 0.15) is 6.33 Å². The first-order chi connectivity index (χ1) is 12.6. The normalized spacial score (nSPS) is 10.0. The van der Waals surface area contributed by atoms with Crippen LogP contribution in [0.25, 0.3) is 0 Å². The molecule has 0 bridgehead atoms. The maximum Gasteiger partial charge on any atom is 0.255 e. The number of nitrogens with zero attached hydrogens (tertiary/aromatic N) is 4. The third-order valence-corrected chi connectivity index (χ3v) is 4.07. The van der Waals surface area contributed by atoms with Crippen LogP contribution >= 0.6 is 11.6 Å². The van der Waals surface area contributed by atoms with E-state index in [2.05, 4.69) is 15.3 Å². The van der Waals surface area contributed by atoms with E-state index in [9.17, 15) is 4.79 Å². The van der Waals surface area contributed by atoms with Crippen LogP contribution in [0.2, 0.25) is 5.02 Å². The summed E-state index contributed by atoms with van der Waals surface area (Å²) in [6.45, 7) is 0. The standard InChI is InChI=1S/C19H14ClN5O/c1-25(16-10-22-12-23-11-16)18-8-15(5-6-17(18)20)24-19(26)14-4-2-3-13(7-14)9-21/h2-8,10-12H,1H3,(H,24,26). The van der Waals surface area contributed by atoms with E-state index in [4.69, 9.17) is 16.9 Å². The highest BCUT2D eigenvalue weighted by Crippen LogP contribution is 2.32. The average Bonchev–Trinajstić information content (AvgIpc) is 2.69. The maximum absolute atomic E-state index is 12.4. The number of aromatic nitrogens is 2. The van der Waals surface area contributed by atoms with Crippen LogP contribution in [0.4, 0.5) is 17.1 Å². The van der Waals surface area contributed by atoms with Crippen molar-refractivity contribution in [3.8, 4) is 6.07 Å². The number of halogens is 1. The number of carbonyl (C=O) groups is 1. The van der Waals surface area contributed by atoms with Gasteiger partial charge in [0.05, 0.1) is 40.4 Å². The molecule has 0 saturated carbocycles. The third-order valence-electron chi connectivity index (χ3n) is 3.75. The van der Waals surface area contributed by atoms with Gasteiger partial charge in [0, 0.05) is 18.3 Å². The molecule has 128 valence electrons. The second-order valence-electron chi connectivity index (χ2n) is 5.47. The average molecular weight is 364 g/mol. The lowest BCUT2D eigenvalue weighted by molar-refractivity contribution is 0.102. The van der Waals surface area contributed by atoms with Gasteiger partial charge in [-0.3, -0.25) is 4.79 Å². The van der Waals surface area contributed by atoms with Gasteiger partial charge in [0.2, 0.25) is 0 Å². The molecule has 0 aliphatic carbocycles. The molecule has 6 nitrogen and oxygen atoms in total. The molecule has 3 rings (SSSR count). The van der Waals surface area contributed by atoms with E-state index in [1.165, 1.54) is 6.33 Å². The lowest BCUT2D eigenvalue weighted by Gasteiger charge is -2.20. The summed E-state index contributed by atoms with van der Waals surface area (Å²) in [6, 6.07) is 13.7. The van der Waals surface area contributed by atoms with Crippen molar-refractivity contribution in [2.24, 2.45) is 0 Å². The highest BCUT2D eigenvalue weighted by molar-refractivity contribution is 6.33. The summed E-state index contributed by atoms with van der Waals surface area (Å²) in [7, 11) is 1.84. The lowest BCUT2D eigenvalue weighted by Crippen LogP contribution is -2.14. The van der Waals surface area contributed by atoms with Crippen molar-refractivity contribution < 1.29 is 4.79 Å². The van der Waals surface area contributed by atoms with Gasteiger partial charge < -0.3 is 10.2 Å². The Morgan fingerprint density at radius 2 is 1.96 bits per heavy atom. The van der Waals surface area contributed by atoms with Crippen molar-refractivity contribution in [1.29, 1.82) is 5.26 Å². The molecule has 1 heterocycles. The molecule has 0 radical (unpaired) electrons. The minimum absolute atomic E-state index is 0.305. The number of nitrogens with one attached hydrogen (secondary N) is 1. The molecule has 0 spiro atoms. The van der Waals surface area contributed by atoms with Crippen molar-refractivity contribution in [3.63, 3.8) is 0 Å². The van der Waals surface area contributed by atoms with E-state index in [1.807, 2.05) is 18.0 Å². The predicted molar refractivity (Wildman–Crippen MR) is 101 cm³/mol. The Hall–Kier alpha value is -3.43. The summed E-state index contributed by atoms with van der Waals surface area (Å²) in [6.07, 6.45) is 4.79. The number of benzene rings is 2. The molecule has 0 aliphatic heterocycles. The van der Waals surface area contributed by atoms with Gasteiger partial charge in [-0.1, -0.05) is 17.7 Å². The van der Waals surface area contributed by atoms with Gasteiger partial charge in [-0.15, -0.1) is 0 Å². The molecular weight excluding hydrogens is 350 g/mol. The molecular formula is C19H14ClN5O. The summed E-state index contributed by atoms with van der Waals surface area (Å²) < 4.78 is 0. The van der Waals surface area contributed by atoms with Crippen LogP contribution in [0.5, 0.6) is 0 Å². The highest BCUT2D eigenvalue weighted by Gasteiger charge is 2.12. The van der Waals surface area contributed by atoms with Crippen LogP contribution in [-0.4, -0.2) is 22.9 Å². The topological polar surface area (TPSA) is 81.9 Å². The molecule has 0 unspecified atom stereocenters. The SMILES string of the molecule is CN(c1cncnc1)c1cc(NC(=O)c2cccc(C#N)c2)ccc1Cl. The first-order valence-electron chi connectivity index (χ1n) is 7.68. The van der Waals surface area contributed by atoms with Gasteiger partial charge in [-0.25, -0.2) is 9.97 Å². The highest BCUT2D eigenvalue weighted by atomic mass is 35.5. The first-order valence-corrected chi connectivity index (χ1v) is 8.06. The van der Waals surface area contributed by atoms with E-state index >= 15 is 0 Å². The lowest BCUT2D eigenvalue weighted by atomic mass is 10.1. The molecule has 2 aromatic carbocycles. The molecule has 0 aliphatic rings. The van der Waals surface area contributed by atoms with E-state index in [1.54, 1.807) is 54.9 Å². The van der Waals surface area contributed by atoms with E-state index in [-0.39, 0.29) is 5.91 Å². The Kier molecular flexibility index (Phi) is 5.11. The molecule has 26 heavy (non-hydrogen) atoms. The van der Waals surface area contributed by atoms with Crippen molar-refractivity contribution in [2.75, 3.05) is 17.3 Å². The summed E-state index contributed by atoms with van der Waals surface area (Å²) in [5.74, 6) is -0.305. The quantitative estimate of drug-likeness (QED) is 0.757. The number of anilines is 3. The zero-order valence-corrected chi connectivity index (χ0v) is 14.6. The van der Waals surface area contributed by atoms with Gasteiger partial charge in [-0.05, 0) is 36.4 Å². The Balaban J connectivity index is 1.85. The number of carbonyl (C=O) groups excluding carboxylic acids is 1. The van der Waals surface area contributed by atoms with Crippen molar-refractivity contribution in [2.45, 2.75) is 0 Å². The monoisotopic (exact) mass is 363 g/mol. The first kappa shape index (κ1) is 17.4. The van der Waals surface area contributed by atoms with Crippen LogP contribution in [0.3, 0.4) is 0 Å². The zero-order valence-electron chi connectivity index (χ0n) is 13.8. The summed E-state index contributed by atoms with van der Waals surface area (Å²) in [5, 5.41) is 12.3. The molecule has 0 fully saturated rings. The predicted octanol–water partition coefficient (Wildman–Crippen LogP) is 4.02. The van der Waals surface area contributed by atoms with Crippen LogP contribution < -0.4 is 10.2 Å². The number of nitriles is 1.